The monoisotopic (exact) mass is 289 g/mol. The van der Waals surface area contributed by atoms with Crippen LogP contribution in [0.4, 0.5) is 8.78 Å². The first-order valence-electron chi connectivity index (χ1n) is 6.59. The van der Waals surface area contributed by atoms with Crippen molar-refractivity contribution in [2.45, 2.75) is 25.8 Å². The summed E-state index contributed by atoms with van der Waals surface area (Å²) in [5.41, 5.74) is 0.634. The van der Waals surface area contributed by atoms with Gasteiger partial charge in [-0.05, 0) is 43.0 Å². The first kappa shape index (κ1) is 14.7. The van der Waals surface area contributed by atoms with E-state index in [0.29, 0.717) is 24.7 Å². The molecule has 1 aromatic carbocycles. The zero-order chi connectivity index (χ0) is 13.8. The summed E-state index contributed by atoms with van der Waals surface area (Å²) in [5.74, 6) is -1.43. The molecule has 0 aromatic heterocycles. The zero-order valence-electron chi connectivity index (χ0n) is 10.9. The lowest BCUT2D eigenvalue weighted by Crippen LogP contribution is -2.32. The van der Waals surface area contributed by atoms with Gasteiger partial charge in [0.2, 0.25) is 0 Å². The molecule has 2 rings (SSSR count). The highest BCUT2D eigenvalue weighted by atomic mass is 35.5. The van der Waals surface area contributed by atoms with Gasteiger partial charge in [0, 0.05) is 24.3 Å². The smallest absolute Gasteiger partial charge is 0.160 e. The van der Waals surface area contributed by atoms with Crippen LogP contribution >= 0.6 is 11.6 Å². The van der Waals surface area contributed by atoms with Crippen LogP contribution in [0.1, 0.15) is 31.4 Å². The molecule has 0 spiro atoms. The minimum atomic E-state index is -0.907. The Labute approximate surface area is 117 Å². The van der Waals surface area contributed by atoms with E-state index in [-0.39, 0.29) is 11.1 Å². The molecule has 1 aliphatic rings. The number of halogens is 3. The highest BCUT2D eigenvalue weighted by Crippen LogP contribution is 2.34. The van der Waals surface area contributed by atoms with E-state index in [1.807, 2.05) is 6.92 Å². The van der Waals surface area contributed by atoms with Crippen LogP contribution in [0.15, 0.2) is 12.1 Å². The standard InChI is InChI=1S/C14H18ClF2NO/c1-2-18-14(9-3-5-19-6-4-9)10-7-12(16)13(17)8-11(10)15/h7-9,14,18H,2-6H2,1H3. The fourth-order valence-corrected chi connectivity index (χ4v) is 2.84. The Kier molecular flexibility index (Phi) is 5.13. The Hall–Kier alpha value is -0.710. The summed E-state index contributed by atoms with van der Waals surface area (Å²) in [6.07, 6.45) is 1.79. The molecule has 0 amide bonds. The Morgan fingerprint density at radius 1 is 1.32 bits per heavy atom. The molecular weight excluding hydrogens is 272 g/mol. The van der Waals surface area contributed by atoms with Crippen LogP contribution in [0.2, 0.25) is 5.02 Å². The number of nitrogens with one attached hydrogen (secondary N) is 1. The molecule has 0 bridgehead atoms. The Morgan fingerprint density at radius 2 is 1.95 bits per heavy atom. The third-order valence-electron chi connectivity index (χ3n) is 3.54. The molecule has 5 heteroatoms. The van der Waals surface area contributed by atoms with Crippen molar-refractivity contribution in [1.29, 1.82) is 0 Å². The highest BCUT2D eigenvalue weighted by molar-refractivity contribution is 6.31. The lowest BCUT2D eigenvalue weighted by Gasteiger charge is -2.31. The van der Waals surface area contributed by atoms with E-state index in [1.165, 1.54) is 6.07 Å². The molecule has 1 atom stereocenters. The summed E-state index contributed by atoms with van der Waals surface area (Å²) in [4.78, 5) is 0. The molecule has 1 saturated heterocycles. The largest absolute Gasteiger partial charge is 0.381 e. The van der Waals surface area contributed by atoms with Crippen LogP contribution < -0.4 is 5.32 Å². The molecule has 2 nitrogen and oxygen atoms in total. The average Bonchev–Trinajstić information content (AvgIpc) is 2.42. The van der Waals surface area contributed by atoms with E-state index in [4.69, 9.17) is 16.3 Å². The summed E-state index contributed by atoms with van der Waals surface area (Å²) in [7, 11) is 0. The lowest BCUT2D eigenvalue weighted by molar-refractivity contribution is 0.0538. The number of benzene rings is 1. The third kappa shape index (κ3) is 3.44. The number of ether oxygens (including phenoxy) is 1. The summed E-state index contributed by atoms with van der Waals surface area (Å²) in [6, 6.07) is 2.20. The van der Waals surface area contributed by atoms with Crippen molar-refractivity contribution in [2.24, 2.45) is 5.92 Å². The van der Waals surface area contributed by atoms with E-state index in [9.17, 15) is 8.78 Å². The van der Waals surface area contributed by atoms with E-state index < -0.39 is 11.6 Å². The van der Waals surface area contributed by atoms with E-state index in [2.05, 4.69) is 5.32 Å². The molecule has 1 N–H and O–H groups in total. The van der Waals surface area contributed by atoms with Crippen LogP contribution in [0.25, 0.3) is 0 Å². The van der Waals surface area contributed by atoms with Crippen molar-refractivity contribution in [3.05, 3.63) is 34.4 Å². The normalized spacial score (nSPS) is 18.5. The van der Waals surface area contributed by atoms with Gasteiger partial charge in [-0.15, -0.1) is 0 Å². The predicted octanol–water partition coefficient (Wildman–Crippen LogP) is 3.70. The van der Waals surface area contributed by atoms with Crippen molar-refractivity contribution in [1.82, 2.24) is 5.32 Å². The molecular formula is C14H18ClF2NO. The maximum Gasteiger partial charge on any atom is 0.160 e. The number of hydrogen-bond acceptors (Lipinski definition) is 2. The van der Waals surface area contributed by atoms with Gasteiger partial charge in [-0.1, -0.05) is 18.5 Å². The fraction of sp³-hybridized carbons (Fsp3) is 0.571. The van der Waals surface area contributed by atoms with Crippen molar-refractivity contribution < 1.29 is 13.5 Å². The van der Waals surface area contributed by atoms with Gasteiger partial charge in [-0.25, -0.2) is 8.78 Å². The van der Waals surface area contributed by atoms with Crippen LogP contribution in [0, 0.1) is 17.6 Å². The molecule has 1 fully saturated rings. The predicted molar refractivity (Wildman–Crippen MR) is 71.3 cm³/mol. The van der Waals surface area contributed by atoms with Crippen LogP contribution in [0.3, 0.4) is 0 Å². The Balaban J connectivity index is 2.29. The van der Waals surface area contributed by atoms with Crippen molar-refractivity contribution in [3.63, 3.8) is 0 Å². The Bertz CT molecular complexity index is 436. The van der Waals surface area contributed by atoms with E-state index in [1.54, 1.807) is 0 Å². The van der Waals surface area contributed by atoms with E-state index in [0.717, 1.165) is 25.5 Å². The third-order valence-corrected chi connectivity index (χ3v) is 3.86. The summed E-state index contributed by atoms with van der Waals surface area (Å²) < 4.78 is 31.9. The molecule has 0 aliphatic carbocycles. The van der Waals surface area contributed by atoms with Crippen molar-refractivity contribution in [3.8, 4) is 0 Å². The first-order chi connectivity index (χ1) is 9.13. The second kappa shape index (κ2) is 6.64. The second-order valence-electron chi connectivity index (χ2n) is 4.77. The van der Waals surface area contributed by atoms with Gasteiger partial charge >= 0.3 is 0 Å². The Morgan fingerprint density at radius 3 is 2.58 bits per heavy atom. The maximum absolute atomic E-state index is 13.4. The van der Waals surface area contributed by atoms with Gasteiger partial charge in [0.1, 0.15) is 0 Å². The topological polar surface area (TPSA) is 21.3 Å². The number of rotatable bonds is 4. The SMILES string of the molecule is CCNC(c1cc(F)c(F)cc1Cl)C1CCOCC1. The van der Waals surface area contributed by atoms with Gasteiger partial charge in [0.25, 0.3) is 0 Å². The van der Waals surface area contributed by atoms with Gasteiger partial charge < -0.3 is 10.1 Å². The maximum atomic E-state index is 13.4. The molecule has 106 valence electrons. The zero-order valence-corrected chi connectivity index (χ0v) is 11.6. The molecule has 1 aromatic rings. The molecule has 19 heavy (non-hydrogen) atoms. The van der Waals surface area contributed by atoms with Gasteiger partial charge in [0.15, 0.2) is 11.6 Å². The van der Waals surface area contributed by atoms with Gasteiger partial charge in [-0.3, -0.25) is 0 Å². The van der Waals surface area contributed by atoms with Crippen LogP contribution in [-0.4, -0.2) is 19.8 Å². The number of hydrogen-bond donors (Lipinski definition) is 1. The summed E-state index contributed by atoms with van der Waals surface area (Å²) in [5, 5.41) is 3.60. The van der Waals surface area contributed by atoms with Crippen LogP contribution in [0.5, 0.6) is 0 Å². The minimum absolute atomic E-state index is 0.0588. The summed E-state index contributed by atoms with van der Waals surface area (Å²) in [6.45, 7) is 4.14. The van der Waals surface area contributed by atoms with Crippen LogP contribution in [-0.2, 0) is 4.74 Å². The minimum Gasteiger partial charge on any atom is -0.381 e. The molecule has 0 radical (unpaired) electrons. The molecule has 1 aliphatic heterocycles. The molecule has 1 heterocycles. The van der Waals surface area contributed by atoms with Crippen molar-refractivity contribution >= 4 is 11.6 Å². The van der Waals surface area contributed by atoms with Crippen molar-refractivity contribution in [2.75, 3.05) is 19.8 Å². The first-order valence-corrected chi connectivity index (χ1v) is 6.96. The highest BCUT2D eigenvalue weighted by Gasteiger charge is 2.27. The average molecular weight is 290 g/mol. The fourth-order valence-electron chi connectivity index (χ4n) is 2.58. The second-order valence-corrected chi connectivity index (χ2v) is 5.18. The molecule has 1 unspecified atom stereocenters. The quantitative estimate of drug-likeness (QED) is 0.854. The molecule has 0 saturated carbocycles. The van der Waals surface area contributed by atoms with E-state index >= 15 is 0 Å². The van der Waals surface area contributed by atoms with Gasteiger partial charge in [0.05, 0.1) is 0 Å². The van der Waals surface area contributed by atoms with Gasteiger partial charge in [-0.2, -0.15) is 0 Å². The summed E-state index contributed by atoms with van der Waals surface area (Å²) >= 11 is 6.07. The lowest BCUT2D eigenvalue weighted by atomic mass is 9.87.